The normalized spacial score (nSPS) is 10.5. The molecule has 0 saturated heterocycles. The van der Waals surface area contributed by atoms with Crippen molar-refractivity contribution in [2.75, 3.05) is 10.6 Å². The highest BCUT2D eigenvalue weighted by molar-refractivity contribution is 6.05. The average molecular weight is 409 g/mol. The van der Waals surface area contributed by atoms with E-state index in [1.165, 1.54) is 0 Å². The van der Waals surface area contributed by atoms with Gasteiger partial charge in [0.2, 0.25) is 0 Å². The lowest BCUT2D eigenvalue weighted by atomic mass is 10.1. The van der Waals surface area contributed by atoms with Crippen LogP contribution in [0, 0.1) is 20.8 Å². The van der Waals surface area contributed by atoms with Crippen molar-refractivity contribution in [2.24, 2.45) is 0 Å². The molecule has 0 radical (unpaired) electrons. The van der Waals surface area contributed by atoms with E-state index in [2.05, 4.69) is 20.6 Å². The van der Waals surface area contributed by atoms with Crippen LogP contribution in [0.2, 0.25) is 0 Å². The molecule has 5 nitrogen and oxygen atoms in total. The lowest BCUT2D eigenvalue weighted by molar-refractivity contribution is 0.102. The SMILES string of the molecule is Cc1nc(Nc2cccc(C(=O)Nc3c(C)cccc3C)c2)cc(-c2ccccc2)n1. The molecule has 31 heavy (non-hydrogen) atoms. The number of aromatic nitrogens is 2. The third-order valence-electron chi connectivity index (χ3n) is 5.02. The highest BCUT2D eigenvalue weighted by Gasteiger charge is 2.11. The number of hydrogen-bond acceptors (Lipinski definition) is 4. The van der Waals surface area contributed by atoms with E-state index < -0.39 is 0 Å². The molecular formula is C26H24N4O. The summed E-state index contributed by atoms with van der Waals surface area (Å²) in [6.45, 7) is 5.84. The molecule has 0 unspecified atom stereocenters. The quantitative estimate of drug-likeness (QED) is 0.421. The molecule has 0 aliphatic carbocycles. The minimum atomic E-state index is -0.148. The van der Waals surface area contributed by atoms with Crippen LogP contribution in [0.25, 0.3) is 11.3 Å². The van der Waals surface area contributed by atoms with E-state index in [1.807, 2.05) is 93.6 Å². The van der Waals surface area contributed by atoms with Gasteiger partial charge in [0.15, 0.2) is 0 Å². The van der Waals surface area contributed by atoms with E-state index in [0.29, 0.717) is 17.2 Å². The summed E-state index contributed by atoms with van der Waals surface area (Å²) in [6.07, 6.45) is 0. The van der Waals surface area contributed by atoms with Crippen molar-refractivity contribution in [3.8, 4) is 11.3 Å². The molecular weight excluding hydrogens is 384 g/mol. The van der Waals surface area contributed by atoms with Crippen LogP contribution < -0.4 is 10.6 Å². The van der Waals surface area contributed by atoms with Crippen LogP contribution in [0.1, 0.15) is 27.3 Å². The molecule has 154 valence electrons. The summed E-state index contributed by atoms with van der Waals surface area (Å²) in [7, 11) is 0. The number of carbonyl (C=O) groups is 1. The Balaban J connectivity index is 1.57. The smallest absolute Gasteiger partial charge is 0.255 e. The first-order valence-corrected chi connectivity index (χ1v) is 10.2. The van der Waals surface area contributed by atoms with E-state index in [4.69, 9.17) is 0 Å². The molecule has 4 aromatic rings. The number of nitrogens with one attached hydrogen (secondary N) is 2. The van der Waals surface area contributed by atoms with E-state index >= 15 is 0 Å². The number of anilines is 3. The van der Waals surface area contributed by atoms with Gasteiger partial charge >= 0.3 is 0 Å². The summed E-state index contributed by atoms with van der Waals surface area (Å²) in [5.74, 6) is 1.20. The maximum absolute atomic E-state index is 12.9. The molecule has 0 aliphatic rings. The number of amides is 1. The van der Waals surface area contributed by atoms with Gasteiger partial charge in [-0.3, -0.25) is 4.79 Å². The predicted octanol–water partition coefficient (Wildman–Crippen LogP) is 6.06. The van der Waals surface area contributed by atoms with Crippen LogP contribution >= 0.6 is 0 Å². The summed E-state index contributed by atoms with van der Waals surface area (Å²) in [4.78, 5) is 21.9. The van der Waals surface area contributed by atoms with Gasteiger partial charge in [-0.1, -0.05) is 54.6 Å². The van der Waals surface area contributed by atoms with Crippen LogP contribution in [0.3, 0.4) is 0 Å². The molecule has 2 N–H and O–H groups in total. The van der Waals surface area contributed by atoms with Gasteiger partial charge < -0.3 is 10.6 Å². The van der Waals surface area contributed by atoms with Gasteiger partial charge in [-0.15, -0.1) is 0 Å². The Bertz CT molecular complexity index is 1220. The first-order valence-electron chi connectivity index (χ1n) is 10.2. The molecule has 0 bridgehead atoms. The van der Waals surface area contributed by atoms with Gasteiger partial charge in [0.1, 0.15) is 11.6 Å². The second-order valence-electron chi connectivity index (χ2n) is 7.48. The first-order chi connectivity index (χ1) is 15.0. The number of para-hydroxylation sites is 1. The number of aryl methyl sites for hydroxylation is 3. The van der Waals surface area contributed by atoms with E-state index in [9.17, 15) is 4.79 Å². The van der Waals surface area contributed by atoms with Gasteiger partial charge in [-0.2, -0.15) is 0 Å². The minimum Gasteiger partial charge on any atom is -0.340 e. The number of rotatable bonds is 5. The predicted molar refractivity (Wildman–Crippen MR) is 126 cm³/mol. The highest BCUT2D eigenvalue weighted by Crippen LogP contribution is 2.24. The highest BCUT2D eigenvalue weighted by atomic mass is 16.1. The van der Waals surface area contributed by atoms with Crippen molar-refractivity contribution < 1.29 is 4.79 Å². The largest absolute Gasteiger partial charge is 0.340 e. The van der Waals surface area contributed by atoms with E-state index in [-0.39, 0.29) is 5.91 Å². The van der Waals surface area contributed by atoms with E-state index in [1.54, 1.807) is 6.07 Å². The fourth-order valence-electron chi connectivity index (χ4n) is 3.47. The summed E-state index contributed by atoms with van der Waals surface area (Å²) < 4.78 is 0. The molecule has 4 rings (SSSR count). The fraction of sp³-hybridized carbons (Fsp3) is 0.115. The molecule has 1 heterocycles. The second kappa shape index (κ2) is 8.79. The Hall–Kier alpha value is -3.99. The van der Waals surface area contributed by atoms with Crippen molar-refractivity contribution in [1.82, 2.24) is 9.97 Å². The number of carbonyl (C=O) groups excluding carboxylic acids is 1. The fourth-order valence-corrected chi connectivity index (χ4v) is 3.47. The second-order valence-corrected chi connectivity index (χ2v) is 7.48. The van der Waals surface area contributed by atoms with Crippen molar-refractivity contribution in [3.63, 3.8) is 0 Å². The van der Waals surface area contributed by atoms with E-state index in [0.717, 1.165) is 33.8 Å². The van der Waals surface area contributed by atoms with Crippen molar-refractivity contribution in [3.05, 3.63) is 101 Å². The van der Waals surface area contributed by atoms with Crippen LogP contribution in [0.15, 0.2) is 78.9 Å². The maximum Gasteiger partial charge on any atom is 0.255 e. The molecule has 1 amide bonds. The zero-order valence-electron chi connectivity index (χ0n) is 17.8. The monoisotopic (exact) mass is 408 g/mol. The molecule has 0 saturated carbocycles. The molecule has 0 fully saturated rings. The Morgan fingerprint density at radius 1 is 0.774 bits per heavy atom. The zero-order chi connectivity index (χ0) is 21.8. The summed E-state index contributed by atoms with van der Waals surface area (Å²) >= 11 is 0. The lowest BCUT2D eigenvalue weighted by Gasteiger charge is -2.13. The Kier molecular flexibility index (Phi) is 5.76. The topological polar surface area (TPSA) is 66.9 Å². The van der Waals surface area contributed by atoms with Crippen LogP contribution in [-0.2, 0) is 0 Å². The molecule has 1 aromatic heterocycles. The lowest BCUT2D eigenvalue weighted by Crippen LogP contribution is -2.14. The number of benzene rings is 3. The zero-order valence-corrected chi connectivity index (χ0v) is 17.8. The Morgan fingerprint density at radius 2 is 1.48 bits per heavy atom. The average Bonchev–Trinajstić information content (AvgIpc) is 2.77. The van der Waals surface area contributed by atoms with Crippen molar-refractivity contribution in [2.45, 2.75) is 20.8 Å². The van der Waals surface area contributed by atoms with Crippen LogP contribution in [0.5, 0.6) is 0 Å². The first kappa shape index (κ1) is 20.3. The van der Waals surface area contributed by atoms with Gasteiger partial charge in [0.05, 0.1) is 5.69 Å². The summed E-state index contributed by atoms with van der Waals surface area (Å²) in [6, 6.07) is 25.2. The standard InChI is InChI=1S/C26H24N4O/c1-17-9-7-10-18(2)25(17)30-26(31)21-13-8-14-22(15-21)29-24-16-23(27-19(3)28-24)20-11-5-4-6-12-20/h4-16H,1-3H3,(H,30,31)(H,27,28,29). The van der Waals surface area contributed by atoms with Crippen molar-refractivity contribution >= 4 is 23.1 Å². The summed E-state index contributed by atoms with van der Waals surface area (Å²) in [5.41, 5.74) is 6.15. The molecule has 0 aliphatic heterocycles. The van der Waals surface area contributed by atoms with Gasteiger partial charge in [-0.25, -0.2) is 9.97 Å². The maximum atomic E-state index is 12.9. The molecule has 5 heteroatoms. The molecule has 0 atom stereocenters. The number of hydrogen-bond donors (Lipinski definition) is 2. The third kappa shape index (κ3) is 4.78. The van der Waals surface area contributed by atoms with Gasteiger partial charge in [0, 0.05) is 28.6 Å². The minimum absolute atomic E-state index is 0.148. The Morgan fingerprint density at radius 3 is 2.23 bits per heavy atom. The Labute approximate surface area is 182 Å². The third-order valence-corrected chi connectivity index (χ3v) is 5.02. The van der Waals surface area contributed by atoms with Gasteiger partial charge in [0.25, 0.3) is 5.91 Å². The molecule has 0 spiro atoms. The van der Waals surface area contributed by atoms with Crippen LogP contribution in [0.4, 0.5) is 17.2 Å². The van der Waals surface area contributed by atoms with Crippen molar-refractivity contribution in [1.29, 1.82) is 0 Å². The number of nitrogens with zero attached hydrogens (tertiary/aromatic N) is 2. The summed E-state index contributed by atoms with van der Waals surface area (Å²) in [5, 5.41) is 6.34. The van der Waals surface area contributed by atoms with Gasteiger partial charge in [-0.05, 0) is 50.1 Å². The van der Waals surface area contributed by atoms with Crippen LogP contribution in [-0.4, -0.2) is 15.9 Å². The molecule has 3 aromatic carbocycles.